The molecule has 0 unspecified atom stereocenters. The van der Waals surface area contributed by atoms with Crippen molar-refractivity contribution in [1.82, 2.24) is 29.4 Å². The lowest BCUT2D eigenvalue weighted by atomic mass is 10.1. The Morgan fingerprint density at radius 1 is 1.13 bits per heavy atom. The first-order valence-electron chi connectivity index (χ1n) is 10.1. The molecule has 4 aromatic heterocycles. The number of aryl methyl sites for hydroxylation is 2. The van der Waals surface area contributed by atoms with Gasteiger partial charge in [0.1, 0.15) is 11.2 Å². The Kier molecular flexibility index (Phi) is 4.22. The van der Waals surface area contributed by atoms with E-state index in [9.17, 15) is 4.79 Å². The Balaban J connectivity index is 1.40. The van der Waals surface area contributed by atoms with Crippen molar-refractivity contribution in [3.63, 3.8) is 0 Å². The predicted molar refractivity (Wildman–Crippen MR) is 124 cm³/mol. The molecule has 2 aliphatic heterocycles. The number of nitrogens with zero attached hydrogens (tertiary/aromatic N) is 5. The highest BCUT2D eigenvalue weighted by Crippen LogP contribution is 2.34. The molecule has 156 valence electrons. The zero-order chi connectivity index (χ0) is 21.1. The second-order valence-corrected chi connectivity index (χ2v) is 9.78. The highest BCUT2D eigenvalue weighted by atomic mass is 32.2. The lowest BCUT2D eigenvalue weighted by molar-refractivity contribution is -0.125. The van der Waals surface area contributed by atoms with Crippen LogP contribution in [0.25, 0.3) is 27.5 Å². The van der Waals surface area contributed by atoms with Gasteiger partial charge in [0, 0.05) is 42.1 Å². The molecule has 6 heterocycles. The molecular weight excluding hydrogens is 428 g/mol. The topological polar surface area (TPSA) is 67.5 Å². The Morgan fingerprint density at radius 2 is 1.97 bits per heavy atom. The number of fused-ring (bicyclic) bond motifs is 2. The van der Waals surface area contributed by atoms with Crippen LogP contribution in [0.3, 0.4) is 0 Å². The van der Waals surface area contributed by atoms with Crippen LogP contribution in [0.1, 0.15) is 17.1 Å². The summed E-state index contributed by atoms with van der Waals surface area (Å²) >= 11 is 3.42. The number of nitrogens with one attached hydrogen (secondary N) is 1. The number of carbonyl (C=O) groups is 1. The molecule has 7 nitrogen and oxygen atoms in total. The van der Waals surface area contributed by atoms with Crippen LogP contribution in [0.2, 0.25) is 0 Å². The second-order valence-electron chi connectivity index (χ2n) is 7.68. The van der Waals surface area contributed by atoms with Crippen LogP contribution in [-0.2, 0) is 4.79 Å². The molecule has 1 N–H and O–H groups in total. The molecule has 0 saturated carbocycles. The molecule has 1 atom stereocenters. The van der Waals surface area contributed by atoms with Gasteiger partial charge in [-0.05, 0) is 43.5 Å². The fourth-order valence-corrected chi connectivity index (χ4v) is 6.13. The first-order valence-corrected chi connectivity index (χ1v) is 12.0. The number of carbonyl (C=O) groups excluding carboxylic acids is 1. The number of aromatic nitrogens is 4. The maximum absolute atomic E-state index is 12.9. The van der Waals surface area contributed by atoms with E-state index in [0.717, 1.165) is 34.2 Å². The summed E-state index contributed by atoms with van der Waals surface area (Å²) in [6.07, 6.45) is 3.67. The smallest absolute Gasteiger partial charge is 0.259 e. The summed E-state index contributed by atoms with van der Waals surface area (Å²) in [4.78, 5) is 20.6. The minimum absolute atomic E-state index is 0.0319. The lowest BCUT2D eigenvalue weighted by Gasteiger charge is -2.29. The van der Waals surface area contributed by atoms with Gasteiger partial charge in [-0.1, -0.05) is 0 Å². The first kappa shape index (κ1) is 18.7. The highest BCUT2D eigenvalue weighted by molar-refractivity contribution is 8.00. The van der Waals surface area contributed by atoms with Crippen LogP contribution < -0.4 is 5.32 Å². The van der Waals surface area contributed by atoms with E-state index in [0.29, 0.717) is 11.3 Å². The maximum Gasteiger partial charge on any atom is 0.259 e. The normalized spacial score (nSPS) is 18.4. The maximum atomic E-state index is 12.9. The fraction of sp³-hybridized carbons (Fsp3) is 0.227. The van der Waals surface area contributed by atoms with Crippen LogP contribution >= 0.6 is 23.1 Å². The van der Waals surface area contributed by atoms with Crippen molar-refractivity contribution in [1.29, 1.82) is 0 Å². The summed E-state index contributed by atoms with van der Waals surface area (Å²) in [7, 11) is 0. The van der Waals surface area contributed by atoms with Gasteiger partial charge < -0.3 is 14.8 Å². The average Bonchev–Trinajstić information content (AvgIpc) is 3.53. The van der Waals surface area contributed by atoms with E-state index in [2.05, 4.69) is 47.3 Å². The number of hydrogen-bond acceptors (Lipinski definition) is 6. The van der Waals surface area contributed by atoms with Gasteiger partial charge in [-0.15, -0.1) is 23.1 Å². The summed E-state index contributed by atoms with van der Waals surface area (Å²) in [5.41, 5.74) is 6.40. The number of hydrogen-bond donors (Lipinski definition) is 1. The lowest BCUT2D eigenvalue weighted by Crippen LogP contribution is -2.45. The molecule has 0 aromatic carbocycles. The Bertz CT molecular complexity index is 1340. The third-order valence-electron chi connectivity index (χ3n) is 5.74. The van der Waals surface area contributed by atoms with Crippen molar-refractivity contribution >= 4 is 40.2 Å². The van der Waals surface area contributed by atoms with E-state index in [1.165, 1.54) is 11.4 Å². The van der Waals surface area contributed by atoms with Gasteiger partial charge in [0.25, 0.3) is 5.91 Å². The zero-order valence-corrected chi connectivity index (χ0v) is 18.7. The van der Waals surface area contributed by atoms with Crippen molar-refractivity contribution in [3.05, 3.63) is 65.2 Å². The minimum Gasteiger partial charge on any atom is -0.362 e. The van der Waals surface area contributed by atoms with Crippen molar-refractivity contribution in [2.75, 3.05) is 12.3 Å². The third-order valence-corrected chi connectivity index (χ3v) is 7.79. The Hall–Kier alpha value is -3.04. The van der Waals surface area contributed by atoms with E-state index >= 15 is 0 Å². The Morgan fingerprint density at radius 3 is 2.81 bits per heavy atom. The van der Waals surface area contributed by atoms with Gasteiger partial charge in [-0.2, -0.15) is 5.10 Å². The van der Waals surface area contributed by atoms with Crippen LogP contribution in [0.5, 0.6) is 0 Å². The quantitative estimate of drug-likeness (QED) is 0.518. The molecule has 2 aliphatic rings. The SMILES string of the molecule is Cc1ccc(C)n1-c1ccsc1-c1cc2nc(C3=CN[C@@H]4SCCN4C3=O)ccn2n1. The van der Waals surface area contributed by atoms with Gasteiger partial charge in [-0.3, -0.25) is 4.79 Å². The molecule has 0 aliphatic carbocycles. The van der Waals surface area contributed by atoms with E-state index in [4.69, 9.17) is 10.1 Å². The minimum atomic E-state index is 0.0319. The van der Waals surface area contributed by atoms with Crippen LogP contribution in [0, 0.1) is 13.8 Å². The average molecular weight is 449 g/mol. The van der Waals surface area contributed by atoms with E-state index in [-0.39, 0.29) is 11.4 Å². The first-order chi connectivity index (χ1) is 15.1. The van der Waals surface area contributed by atoms with Gasteiger partial charge in [0.2, 0.25) is 0 Å². The molecule has 9 heteroatoms. The molecule has 1 fully saturated rings. The van der Waals surface area contributed by atoms with Crippen molar-refractivity contribution in [2.45, 2.75) is 19.3 Å². The molecule has 6 rings (SSSR count). The summed E-state index contributed by atoms with van der Waals surface area (Å²) in [5.74, 6) is 0.983. The van der Waals surface area contributed by atoms with Crippen molar-refractivity contribution in [2.24, 2.45) is 0 Å². The summed E-state index contributed by atoms with van der Waals surface area (Å²) in [6.45, 7) is 4.98. The third kappa shape index (κ3) is 2.91. The molecule has 0 bridgehead atoms. The van der Waals surface area contributed by atoms with E-state index in [1.807, 2.05) is 23.2 Å². The van der Waals surface area contributed by atoms with Gasteiger partial charge in [0.15, 0.2) is 5.65 Å². The Labute approximate surface area is 187 Å². The van der Waals surface area contributed by atoms with Gasteiger partial charge >= 0.3 is 0 Å². The molecular formula is C22H20N6OS2. The summed E-state index contributed by atoms with van der Waals surface area (Å²) < 4.78 is 4.02. The van der Waals surface area contributed by atoms with Gasteiger partial charge in [-0.25, -0.2) is 9.50 Å². The number of thiophene rings is 1. The van der Waals surface area contributed by atoms with Crippen molar-refractivity contribution in [3.8, 4) is 16.3 Å². The molecule has 0 radical (unpaired) electrons. The zero-order valence-electron chi connectivity index (χ0n) is 17.1. The van der Waals surface area contributed by atoms with Crippen LogP contribution in [0.15, 0.2) is 48.1 Å². The second kappa shape index (κ2) is 7.00. The largest absolute Gasteiger partial charge is 0.362 e. The molecule has 31 heavy (non-hydrogen) atoms. The number of rotatable bonds is 3. The summed E-state index contributed by atoms with van der Waals surface area (Å²) in [6, 6.07) is 10.2. The van der Waals surface area contributed by atoms with Crippen molar-refractivity contribution < 1.29 is 4.79 Å². The molecule has 4 aromatic rings. The molecule has 1 saturated heterocycles. The summed E-state index contributed by atoms with van der Waals surface area (Å²) in [5, 5.41) is 10.2. The number of thioether (sulfide) groups is 1. The van der Waals surface area contributed by atoms with E-state index < -0.39 is 0 Å². The van der Waals surface area contributed by atoms with Crippen LogP contribution in [-0.4, -0.2) is 47.8 Å². The molecule has 0 spiro atoms. The van der Waals surface area contributed by atoms with Gasteiger partial charge in [0.05, 0.1) is 21.8 Å². The fourth-order valence-electron chi connectivity index (χ4n) is 4.23. The monoisotopic (exact) mass is 448 g/mol. The highest BCUT2D eigenvalue weighted by Gasteiger charge is 2.35. The standard InChI is InChI=1S/C22H20N6OS2/c1-13-3-4-14(2)28(13)18-6-9-30-20(18)17-11-19-24-16(5-7-27(19)25-17)15-12-23-22-26(21(15)29)8-10-31-22/h3-7,9,11-12,22-23H,8,10H2,1-2H3/t22-/m0/s1. The van der Waals surface area contributed by atoms with E-state index in [1.54, 1.807) is 33.8 Å². The predicted octanol–water partition coefficient (Wildman–Crippen LogP) is 3.67. The number of amides is 1. The van der Waals surface area contributed by atoms with Crippen LogP contribution in [0.4, 0.5) is 0 Å². The molecule has 1 amide bonds.